The lowest BCUT2D eigenvalue weighted by Gasteiger charge is -2.44. The number of carbonyl (C=O) groups excluding carboxylic acids is 1. The van der Waals surface area contributed by atoms with Crippen LogP contribution in [-0.4, -0.2) is 99.1 Å². The monoisotopic (exact) mass is 769 g/mol. The Hall–Kier alpha value is -4.27. The minimum atomic E-state index is -0.984. The van der Waals surface area contributed by atoms with Crippen molar-refractivity contribution in [2.45, 2.75) is 114 Å². The molecule has 3 heterocycles. The minimum absolute atomic E-state index is 0.00575. The number of terminal acetylenes is 1. The van der Waals surface area contributed by atoms with Gasteiger partial charge in [-0.3, -0.25) is 9.69 Å². The highest BCUT2D eigenvalue weighted by Gasteiger charge is 2.50. The highest BCUT2D eigenvalue weighted by Crippen LogP contribution is 2.44. The highest BCUT2D eigenvalue weighted by atomic mass is 19.1. The Labute approximate surface area is 330 Å². The first-order valence-electron chi connectivity index (χ1n) is 20.4. The first-order valence-corrected chi connectivity index (χ1v) is 20.4. The molecule has 4 aliphatic rings. The van der Waals surface area contributed by atoms with Crippen molar-refractivity contribution in [3.8, 4) is 24.1 Å². The molecule has 2 aliphatic carbocycles. The summed E-state index contributed by atoms with van der Waals surface area (Å²) in [6.45, 7) is 12.4. The maximum absolute atomic E-state index is 15.5. The molecule has 9 nitrogen and oxygen atoms in total. The van der Waals surface area contributed by atoms with Crippen molar-refractivity contribution in [3.05, 3.63) is 65.1 Å². The number of halogens is 2. The van der Waals surface area contributed by atoms with Crippen LogP contribution >= 0.6 is 0 Å². The number of hydrogen-bond donors (Lipinski definition) is 2. The highest BCUT2D eigenvalue weighted by molar-refractivity contribution is 5.93. The molecular weight excluding hydrogens is 713 g/mol. The number of benzene rings is 2. The third-order valence-electron chi connectivity index (χ3n) is 13.4. The molecule has 0 bridgehead atoms. The zero-order chi connectivity index (χ0) is 39.9. The van der Waals surface area contributed by atoms with E-state index in [4.69, 9.17) is 21.1 Å². The number of phenolic OH excluding ortho intramolecular Hbond substituents is 1. The molecule has 2 saturated heterocycles. The van der Waals surface area contributed by atoms with Crippen LogP contribution in [0.25, 0.3) is 10.8 Å². The Morgan fingerprint density at radius 2 is 1.98 bits per heavy atom. The minimum Gasteiger partial charge on any atom is -0.508 e. The second-order valence-corrected chi connectivity index (χ2v) is 17.5. The van der Waals surface area contributed by atoms with Crippen LogP contribution < -0.4 is 9.64 Å². The van der Waals surface area contributed by atoms with Crippen molar-refractivity contribution in [2.24, 2.45) is 11.8 Å². The van der Waals surface area contributed by atoms with Gasteiger partial charge in [-0.2, -0.15) is 9.97 Å². The summed E-state index contributed by atoms with van der Waals surface area (Å²) < 4.78 is 37.2. The van der Waals surface area contributed by atoms with Crippen molar-refractivity contribution >= 4 is 22.5 Å². The third-order valence-corrected chi connectivity index (χ3v) is 13.4. The molecule has 1 amide bonds. The fourth-order valence-corrected chi connectivity index (χ4v) is 10.1. The van der Waals surface area contributed by atoms with Crippen LogP contribution in [0.5, 0.6) is 11.8 Å². The van der Waals surface area contributed by atoms with E-state index in [-0.39, 0.29) is 47.7 Å². The van der Waals surface area contributed by atoms with Crippen LogP contribution in [0.4, 0.5) is 14.6 Å². The summed E-state index contributed by atoms with van der Waals surface area (Å²) in [5.41, 5.74) is 1.53. The van der Waals surface area contributed by atoms with E-state index < -0.39 is 23.1 Å². The van der Waals surface area contributed by atoms with Gasteiger partial charge in [0.2, 0.25) is 5.91 Å². The zero-order valence-electron chi connectivity index (χ0n) is 33.4. The van der Waals surface area contributed by atoms with Gasteiger partial charge in [0, 0.05) is 56.6 Å². The number of aliphatic hydroxyl groups is 1. The Morgan fingerprint density at radius 1 is 1.21 bits per heavy atom. The number of nitrogens with zero attached hydrogens (tertiary/aromatic N) is 5. The summed E-state index contributed by atoms with van der Waals surface area (Å²) in [5, 5.41) is 22.7. The Bertz CT molecular complexity index is 2000. The first-order chi connectivity index (χ1) is 26.7. The zero-order valence-corrected chi connectivity index (χ0v) is 33.4. The Morgan fingerprint density at radius 3 is 2.70 bits per heavy atom. The smallest absolute Gasteiger partial charge is 0.318 e. The van der Waals surface area contributed by atoms with Crippen molar-refractivity contribution < 1.29 is 28.5 Å². The number of likely N-dealkylation sites (N-methyl/N-ethyl adjacent to an activating group) is 1. The molecule has 0 spiro atoms. The van der Waals surface area contributed by atoms with E-state index in [2.05, 4.69) is 36.1 Å². The Kier molecular flexibility index (Phi) is 11.4. The van der Waals surface area contributed by atoms with E-state index in [9.17, 15) is 15.0 Å². The topological polar surface area (TPSA) is 102 Å². The molecule has 56 heavy (non-hydrogen) atoms. The molecule has 1 aromatic heterocycles. The van der Waals surface area contributed by atoms with Gasteiger partial charge >= 0.3 is 6.01 Å². The molecule has 0 radical (unpaired) electrons. The summed E-state index contributed by atoms with van der Waals surface area (Å²) in [4.78, 5) is 29.1. The number of fused-ring (bicyclic) bond motifs is 2. The van der Waals surface area contributed by atoms with E-state index >= 15 is 8.78 Å². The predicted octanol–water partition coefficient (Wildman–Crippen LogP) is 7.10. The third kappa shape index (κ3) is 7.84. The molecule has 3 aromatic rings. The lowest BCUT2D eigenvalue weighted by atomic mass is 9.78. The summed E-state index contributed by atoms with van der Waals surface area (Å²) >= 11 is 0. The summed E-state index contributed by atoms with van der Waals surface area (Å²) in [6.07, 6.45) is 13.5. The van der Waals surface area contributed by atoms with Gasteiger partial charge in [-0.05, 0) is 118 Å². The average molecular weight is 770 g/mol. The molecule has 1 saturated carbocycles. The molecule has 11 heteroatoms. The van der Waals surface area contributed by atoms with E-state index in [0.29, 0.717) is 62.0 Å². The van der Waals surface area contributed by atoms with Gasteiger partial charge in [-0.1, -0.05) is 32.4 Å². The Balaban J connectivity index is 1.22. The second-order valence-electron chi connectivity index (χ2n) is 17.5. The number of amides is 1. The van der Waals surface area contributed by atoms with E-state index in [0.717, 1.165) is 67.7 Å². The molecule has 7 rings (SSSR count). The molecule has 4 atom stereocenters. The number of anilines is 1. The van der Waals surface area contributed by atoms with Crippen LogP contribution in [0.3, 0.4) is 0 Å². The van der Waals surface area contributed by atoms with Crippen LogP contribution in [0.15, 0.2) is 36.9 Å². The normalized spacial score (nSPS) is 28.0. The van der Waals surface area contributed by atoms with Crippen molar-refractivity contribution in [1.82, 2.24) is 19.8 Å². The molecule has 2 aromatic carbocycles. The van der Waals surface area contributed by atoms with Gasteiger partial charge in [0.15, 0.2) is 0 Å². The van der Waals surface area contributed by atoms with Crippen molar-refractivity contribution in [3.63, 3.8) is 0 Å². The van der Waals surface area contributed by atoms with Crippen LogP contribution in [-0.2, 0) is 17.6 Å². The molecule has 2 aliphatic heterocycles. The quantitative estimate of drug-likeness (QED) is 0.158. The number of aromatic nitrogens is 2. The largest absolute Gasteiger partial charge is 0.508 e. The molecule has 2 N–H and O–H groups in total. The fraction of sp³-hybridized carbons (Fsp3) is 0.578. The molecule has 300 valence electrons. The van der Waals surface area contributed by atoms with Gasteiger partial charge < -0.3 is 24.7 Å². The number of alkyl halides is 1. The van der Waals surface area contributed by atoms with Crippen molar-refractivity contribution in [2.75, 3.05) is 44.7 Å². The maximum atomic E-state index is 15.5. The predicted molar refractivity (Wildman–Crippen MR) is 215 cm³/mol. The van der Waals surface area contributed by atoms with Crippen molar-refractivity contribution in [1.29, 1.82) is 0 Å². The van der Waals surface area contributed by atoms with E-state index in [1.807, 2.05) is 18.9 Å². The van der Waals surface area contributed by atoms with Gasteiger partial charge in [0.25, 0.3) is 0 Å². The summed E-state index contributed by atoms with van der Waals surface area (Å²) in [6, 6.07) is 6.49. The number of carbonyl (C=O) groups is 1. The number of phenols is 1. The van der Waals surface area contributed by atoms with Crippen LogP contribution in [0.1, 0.15) is 100 Å². The fourth-order valence-electron chi connectivity index (χ4n) is 10.1. The number of rotatable bonds is 11. The second kappa shape index (κ2) is 15.9. The molecular formula is C45H57F2N5O4. The first kappa shape index (κ1) is 39.9. The summed E-state index contributed by atoms with van der Waals surface area (Å²) in [5.74, 6) is 3.13. The maximum Gasteiger partial charge on any atom is 0.318 e. The van der Waals surface area contributed by atoms with Gasteiger partial charge in [-0.25, -0.2) is 8.78 Å². The van der Waals surface area contributed by atoms with Crippen LogP contribution in [0, 0.1) is 30.0 Å². The molecule has 3 fully saturated rings. The summed E-state index contributed by atoms with van der Waals surface area (Å²) in [7, 11) is 1.99. The van der Waals surface area contributed by atoms with Crippen LogP contribution in [0.2, 0.25) is 0 Å². The lowest BCUT2D eigenvalue weighted by molar-refractivity contribution is -0.126. The van der Waals surface area contributed by atoms with Gasteiger partial charge in [0.1, 0.15) is 30.2 Å². The SMILES string of the molecule is C#Cc1c(F)ccc2cc(O)cc([C@H]3CCc4c(nc(OC[C@]5(C(C)C)C[C@@H](F)CN5CC5CCC(C)(O)CC5)nc4N(C)C[C@@H]4CCCN4C(=O)C=C)C3)c12. The molecule has 0 unspecified atom stereocenters. The van der Waals surface area contributed by atoms with E-state index in [1.54, 1.807) is 18.2 Å². The average Bonchev–Trinajstić information content (AvgIpc) is 3.77. The lowest BCUT2D eigenvalue weighted by Crippen LogP contribution is -2.54. The number of aromatic hydroxyl groups is 1. The standard InChI is InChI=1S/C45H57F2N5O4/c1-7-35-38(47)14-12-31-20-34(53)22-37(41(31)35)30-11-13-36-39(21-30)48-43(49-42(36)50(6)26-33-10-9-19-52(33)40(54)8-2)56-27-45(28(3)4)23-32(46)25-51(45)24-29-15-17-44(5,55)18-16-29/h1,8,12,14,20,22,28-30,32-33,53,55H,2,9-11,13,15-19,21,23-27H2,3-6H3/t29?,30-,32+,33-,44?,45-/m0/s1. The van der Waals surface area contributed by atoms with Gasteiger partial charge in [0.05, 0.1) is 22.4 Å². The number of likely N-dealkylation sites (tertiary alicyclic amines) is 2. The van der Waals surface area contributed by atoms with E-state index in [1.165, 1.54) is 12.1 Å². The number of hydrogen-bond acceptors (Lipinski definition) is 8. The van der Waals surface area contributed by atoms with Gasteiger partial charge in [-0.15, -0.1) is 6.42 Å². The number of ether oxygens (including phenoxy) is 1.